The van der Waals surface area contributed by atoms with Crippen LogP contribution >= 0.6 is 0 Å². The van der Waals surface area contributed by atoms with Gasteiger partial charge in [0.25, 0.3) is 5.91 Å². The Morgan fingerprint density at radius 1 is 0.872 bits per heavy atom. The van der Waals surface area contributed by atoms with Crippen molar-refractivity contribution >= 4 is 29.1 Å². The van der Waals surface area contributed by atoms with Gasteiger partial charge in [-0.05, 0) is 54.1 Å². The van der Waals surface area contributed by atoms with E-state index in [1.54, 1.807) is 36.3 Å². The molecule has 8 nitrogen and oxygen atoms in total. The molecular weight excluding hydrogens is 492 g/mol. The van der Waals surface area contributed by atoms with Crippen molar-refractivity contribution in [2.24, 2.45) is 5.92 Å². The molecule has 0 bridgehead atoms. The normalized spacial score (nSPS) is 13.2. The fourth-order valence-electron chi connectivity index (χ4n) is 4.59. The summed E-state index contributed by atoms with van der Waals surface area (Å²) < 4.78 is 5.17. The van der Waals surface area contributed by atoms with Crippen LogP contribution in [-0.4, -0.2) is 67.4 Å². The number of ether oxygens (including phenoxy) is 1. The zero-order valence-corrected chi connectivity index (χ0v) is 22.8. The van der Waals surface area contributed by atoms with E-state index < -0.39 is 0 Å². The van der Waals surface area contributed by atoms with Gasteiger partial charge in [0, 0.05) is 55.6 Å². The van der Waals surface area contributed by atoms with Crippen LogP contribution < -0.4 is 15.0 Å². The number of benzene rings is 3. The molecule has 1 fully saturated rings. The third kappa shape index (κ3) is 7.37. The topological polar surface area (TPSA) is 82.2 Å². The average molecular weight is 529 g/mol. The fraction of sp³-hybridized carbons (Fsp3) is 0.323. The lowest BCUT2D eigenvalue weighted by Crippen LogP contribution is -2.48. The van der Waals surface area contributed by atoms with E-state index in [0.717, 1.165) is 30.1 Å². The summed E-state index contributed by atoms with van der Waals surface area (Å²) in [6.07, 6.45) is 0. The monoisotopic (exact) mass is 528 g/mol. The summed E-state index contributed by atoms with van der Waals surface area (Å²) in [6, 6.07) is 24.5. The maximum absolute atomic E-state index is 12.8. The molecule has 3 aromatic rings. The van der Waals surface area contributed by atoms with E-state index in [2.05, 4.69) is 10.2 Å². The van der Waals surface area contributed by atoms with Gasteiger partial charge in [-0.1, -0.05) is 44.2 Å². The van der Waals surface area contributed by atoms with Gasteiger partial charge in [0.15, 0.2) is 0 Å². The molecular formula is C31H36N4O4. The van der Waals surface area contributed by atoms with Crippen LogP contribution in [0.4, 0.5) is 11.4 Å². The first-order valence-electron chi connectivity index (χ1n) is 13.2. The minimum atomic E-state index is -0.238. The third-order valence-corrected chi connectivity index (χ3v) is 6.78. The number of anilines is 2. The number of carbonyl (C=O) groups excluding carboxylic acids is 3. The largest absolute Gasteiger partial charge is 0.497 e. The Bertz CT molecular complexity index is 1250. The van der Waals surface area contributed by atoms with Gasteiger partial charge in [-0.15, -0.1) is 0 Å². The molecule has 204 valence electrons. The average Bonchev–Trinajstić information content (AvgIpc) is 2.97. The Balaban J connectivity index is 1.30. The van der Waals surface area contributed by atoms with Gasteiger partial charge in [-0.2, -0.15) is 0 Å². The summed E-state index contributed by atoms with van der Waals surface area (Å²) in [5.41, 5.74) is 3.34. The Hall–Kier alpha value is -4.33. The van der Waals surface area contributed by atoms with Gasteiger partial charge in [-0.3, -0.25) is 14.4 Å². The van der Waals surface area contributed by atoms with E-state index in [1.165, 1.54) is 0 Å². The highest BCUT2D eigenvalue weighted by molar-refractivity contribution is 5.95. The second kappa shape index (κ2) is 13.0. The van der Waals surface area contributed by atoms with Crippen molar-refractivity contribution in [2.45, 2.75) is 20.4 Å². The van der Waals surface area contributed by atoms with Crippen molar-refractivity contribution in [3.8, 4) is 5.75 Å². The fourth-order valence-corrected chi connectivity index (χ4v) is 4.59. The second-order valence-corrected chi connectivity index (χ2v) is 9.94. The summed E-state index contributed by atoms with van der Waals surface area (Å²) >= 11 is 0. The first kappa shape index (κ1) is 27.7. The molecule has 1 N–H and O–H groups in total. The summed E-state index contributed by atoms with van der Waals surface area (Å²) in [5.74, 6) is 0.247. The number of hydrogen-bond donors (Lipinski definition) is 1. The van der Waals surface area contributed by atoms with Crippen LogP contribution in [0.15, 0.2) is 78.9 Å². The van der Waals surface area contributed by atoms with Crippen molar-refractivity contribution in [1.82, 2.24) is 9.80 Å². The molecule has 0 atom stereocenters. The van der Waals surface area contributed by atoms with E-state index in [9.17, 15) is 14.4 Å². The predicted octanol–water partition coefficient (Wildman–Crippen LogP) is 4.28. The molecule has 0 spiro atoms. The van der Waals surface area contributed by atoms with Gasteiger partial charge in [0.1, 0.15) is 12.3 Å². The van der Waals surface area contributed by atoms with E-state index in [1.807, 2.05) is 73.3 Å². The lowest BCUT2D eigenvalue weighted by molar-refractivity contribution is -0.138. The maximum Gasteiger partial charge on any atom is 0.253 e. The standard InChI is InChI=1S/C31H36N4O4/c1-23(2)30(37)35(21-24-7-5-4-6-8-24)22-29(36)32-26-11-13-27(14-12-26)33-17-19-34(20-18-33)31(38)25-9-15-28(39-3)16-10-25/h4-16,23H,17-22H2,1-3H3,(H,32,36). The highest BCUT2D eigenvalue weighted by atomic mass is 16.5. The predicted molar refractivity (Wildman–Crippen MR) is 153 cm³/mol. The first-order chi connectivity index (χ1) is 18.8. The molecule has 1 heterocycles. The summed E-state index contributed by atoms with van der Waals surface area (Å²) in [6.45, 7) is 6.75. The number of hydrogen-bond acceptors (Lipinski definition) is 5. The second-order valence-electron chi connectivity index (χ2n) is 9.94. The number of methoxy groups -OCH3 is 1. The Morgan fingerprint density at radius 3 is 2.10 bits per heavy atom. The molecule has 8 heteroatoms. The Labute approximate surface area is 230 Å². The molecule has 1 saturated heterocycles. The third-order valence-electron chi connectivity index (χ3n) is 6.78. The summed E-state index contributed by atoms with van der Waals surface area (Å²) in [5, 5.41) is 2.92. The summed E-state index contributed by atoms with van der Waals surface area (Å²) in [4.78, 5) is 44.1. The smallest absolute Gasteiger partial charge is 0.253 e. The molecule has 0 saturated carbocycles. The quantitative estimate of drug-likeness (QED) is 0.448. The molecule has 1 aliphatic heterocycles. The molecule has 3 aromatic carbocycles. The van der Waals surface area contributed by atoms with E-state index in [4.69, 9.17) is 4.74 Å². The Kier molecular flexibility index (Phi) is 9.20. The van der Waals surface area contributed by atoms with Crippen molar-refractivity contribution < 1.29 is 19.1 Å². The SMILES string of the molecule is COc1ccc(C(=O)N2CCN(c3ccc(NC(=O)CN(Cc4ccccc4)C(=O)C(C)C)cc3)CC2)cc1. The van der Waals surface area contributed by atoms with Crippen LogP contribution in [0.25, 0.3) is 0 Å². The molecule has 0 aliphatic carbocycles. The first-order valence-corrected chi connectivity index (χ1v) is 13.2. The molecule has 39 heavy (non-hydrogen) atoms. The molecule has 3 amide bonds. The highest BCUT2D eigenvalue weighted by Gasteiger charge is 2.23. The van der Waals surface area contributed by atoms with Gasteiger partial charge >= 0.3 is 0 Å². The lowest BCUT2D eigenvalue weighted by Gasteiger charge is -2.36. The van der Waals surface area contributed by atoms with Crippen molar-refractivity contribution in [3.05, 3.63) is 90.0 Å². The highest BCUT2D eigenvalue weighted by Crippen LogP contribution is 2.21. The minimum Gasteiger partial charge on any atom is -0.497 e. The number of piperazine rings is 1. The minimum absolute atomic E-state index is 0.0160. The van der Waals surface area contributed by atoms with E-state index in [-0.39, 0.29) is 30.2 Å². The van der Waals surface area contributed by atoms with Crippen LogP contribution in [0.5, 0.6) is 5.75 Å². The van der Waals surface area contributed by atoms with Crippen LogP contribution in [0.3, 0.4) is 0 Å². The van der Waals surface area contributed by atoms with Gasteiger partial charge < -0.3 is 24.8 Å². The maximum atomic E-state index is 12.8. The van der Waals surface area contributed by atoms with Gasteiger partial charge in [-0.25, -0.2) is 0 Å². The number of amides is 3. The van der Waals surface area contributed by atoms with Crippen molar-refractivity contribution in [2.75, 3.05) is 50.1 Å². The molecule has 0 unspecified atom stereocenters. The van der Waals surface area contributed by atoms with Crippen LogP contribution in [-0.2, 0) is 16.1 Å². The number of nitrogens with one attached hydrogen (secondary N) is 1. The molecule has 4 rings (SSSR count). The lowest BCUT2D eigenvalue weighted by atomic mass is 10.1. The Morgan fingerprint density at radius 2 is 1.51 bits per heavy atom. The zero-order chi connectivity index (χ0) is 27.8. The van der Waals surface area contributed by atoms with Crippen LogP contribution in [0.2, 0.25) is 0 Å². The number of rotatable bonds is 9. The molecule has 1 aliphatic rings. The number of carbonyl (C=O) groups is 3. The number of nitrogens with zero attached hydrogens (tertiary/aromatic N) is 3. The zero-order valence-electron chi connectivity index (χ0n) is 22.8. The molecule has 0 aromatic heterocycles. The van der Waals surface area contributed by atoms with Crippen molar-refractivity contribution in [1.29, 1.82) is 0 Å². The van der Waals surface area contributed by atoms with E-state index >= 15 is 0 Å². The van der Waals surface area contributed by atoms with Gasteiger partial charge in [0.05, 0.1) is 7.11 Å². The van der Waals surface area contributed by atoms with Crippen LogP contribution in [0, 0.1) is 5.92 Å². The summed E-state index contributed by atoms with van der Waals surface area (Å²) in [7, 11) is 1.60. The van der Waals surface area contributed by atoms with Crippen molar-refractivity contribution in [3.63, 3.8) is 0 Å². The van der Waals surface area contributed by atoms with Crippen LogP contribution in [0.1, 0.15) is 29.8 Å². The van der Waals surface area contributed by atoms with E-state index in [0.29, 0.717) is 30.9 Å². The molecule has 0 radical (unpaired) electrons. The van der Waals surface area contributed by atoms with Gasteiger partial charge in [0.2, 0.25) is 11.8 Å².